The summed E-state index contributed by atoms with van der Waals surface area (Å²) in [4.78, 5) is 7.74. The van der Waals surface area contributed by atoms with E-state index in [1.54, 1.807) is 0 Å². The molecule has 0 aliphatic heterocycles. The van der Waals surface area contributed by atoms with E-state index in [0.717, 1.165) is 0 Å². The van der Waals surface area contributed by atoms with Gasteiger partial charge in [-0.3, -0.25) is 0 Å². The number of rotatable bonds is 1. The Kier molecular flexibility index (Phi) is 2.69. The van der Waals surface area contributed by atoms with Crippen molar-refractivity contribution in [3.8, 4) is 6.07 Å². The predicted molar refractivity (Wildman–Crippen MR) is 43.5 cm³/mol. The fourth-order valence-electron chi connectivity index (χ4n) is 0.528. The lowest BCUT2D eigenvalue weighted by molar-refractivity contribution is 0.956. The molecular formula is C6H4ClN3S. The molecule has 0 N–H and O–H groups in total. The minimum absolute atomic E-state index is 0.228. The first-order valence-electron chi connectivity index (χ1n) is 2.74. The van der Waals surface area contributed by atoms with Gasteiger partial charge in [-0.1, -0.05) is 23.4 Å². The second-order valence-corrected chi connectivity index (χ2v) is 2.85. The number of aromatic nitrogens is 2. The highest BCUT2D eigenvalue weighted by Gasteiger charge is 2.02. The molecule has 11 heavy (non-hydrogen) atoms. The molecule has 3 nitrogen and oxygen atoms in total. The summed E-state index contributed by atoms with van der Waals surface area (Å²) < 4.78 is 0. The van der Waals surface area contributed by atoms with Gasteiger partial charge >= 0.3 is 0 Å². The highest BCUT2D eigenvalue weighted by molar-refractivity contribution is 7.98. The molecule has 1 heterocycles. The third kappa shape index (κ3) is 1.82. The van der Waals surface area contributed by atoms with Crippen molar-refractivity contribution < 1.29 is 0 Å². The second-order valence-electron chi connectivity index (χ2n) is 1.67. The molecule has 1 rings (SSSR count). The largest absolute Gasteiger partial charge is 0.229 e. The van der Waals surface area contributed by atoms with Crippen molar-refractivity contribution in [2.45, 2.75) is 5.16 Å². The molecular weight excluding hydrogens is 182 g/mol. The molecule has 0 aliphatic carbocycles. The van der Waals surface area contributed by atoms with Gasteiger partial charge in [0.2, 0.25) is 0 Å². The van der Waals surface area contributed by atoms with Gasteiger partial charge in [0.15, 0.2) is 10.9 Å². The molecule has 56 valence electrons. The van der Waals surface area contributed by atoms with Crippen LogP contribution in [-0.4, -0.2) is 16.2 Å². The van der Waals surface area contributed by atoms with Crippen LogP contribution in [0.1, 0.15) is 5.69 Å². The highest BCUT2D eigenvalue weighted by Crippen LogP contribution is 2.14. The molecule has 0 aromatic carbocycles. The molecule has 0 fully saturated rings. The highest BCUT2D eigenvalue weighted by atomic mass is 35.5. The van der Waals surface area contributed by atoms with Gasteiger partial charge in [0, 0.05) is 0 Å². The lowest BCUT2D eigenvalue weighted by Gasteiger charge is -1.94. The normalized spacial score (nSPS) is 9.18. The number of nitrogens with zero attached hydrogens (tertiary/aromatic N) is 3. The van der Waals surface area contributed by atoms with Crippen LogP contribution in [-0.2, 0) is 0 Å². The van der Waals surface area contributed by atoms with Gasteiger partial charge < -0.3 is 0 Å². The summed E-state index contributed by atoms with van der Waals surface area (Å²) in [5.41, 5.74) is 0.228. The maximum absolute atomic E-state index is 8.50. The van der Waals surface area contributed by atoms with Crippen molar-refractivity contribution in [1.82, 2.24) is 9.97 Å². The van der Waals surface area contributed by atoms with Crippen LogP contribution in [0.5, 0.6) is 0 Å². The first kappa shape index (κ1) is 8.31. The fraction of sp³-hybridized carbons (Fsp3) is 0.167. The summed E-state index contributed by atoms with van der Waals surface area (Å²) >= 11 is 6.97. The quantitative estimate of drug-likeness (QED) is 0.494. The van der Waals surface area contributed by atoms with Crippen LogP contribution in [0.25, 0.3) is 0 Å². The van der Waals surface area contributed by atoms with E-state index >= 15 is 0 Å². The Hall–Kier alpha value is -0.790. The zero-order chi connectivity index (χ0) is 8.27. The van der Waals surface area contributed by atoms with E-state index in [9.17, 15) is 0 Å². The fourth-order valence-corrected chi connectivity index (χ4v) is 1.00. The van der Waals surface area contributed by atoms with Crippen molar-refractivity contribution in [3.05, 3.63) is 16.9 Å². The third-order valence-electron chi connectivity index (χ3n) is 1.01. The molecule has 0 saturated heterocycles. The summed E-state index contributed by atoms with van der Waals surface area (Å²) in [5, 5.41) is 9.36. The summed E-state index contributed by atoms with van der Waals surface area (Å²) in [6.07, 6.45) is 3.27. The third-order valence-corrected chi connectivity index (χ3v) is 1.85. The smallest absolute Gasteiger partial charge is 0.188 e. The van der Waals surface area contributed by atoms with Crippen LogP contribution < -0.4 is 0 Å². The van der Waals surface area contributed by atoms with Crippen LogP contribution in [0.4, 0.5) is 0 Å². The summed E-state index contributed by atoms with van der Waals surface area (Å²) in [5.74, 6) is 0. The number of hydrogen-bond acceptors (Lipinski definition) is 4. The van der Waals surface area contributed by atoms with Gasteiger partial charge in [0.05, 0.1) is 11.2 Å². The Balaban J connectivity index is 3.15. The van der Waals surface area contributed by atoms with E-state index in [-0.39, 0.29) is 5.69 Å². The van der Waals surface area contributed by atoms with Crippen LogP contribution >= 0.6 is 23.4 Å². The van der Waals surface area contributed by atoms with Crippen LogP contribution in [0.15, 0.2) is 11.4 Å². The van der Waals surface area contributed by atoms with E-state index in [0.29, 0.717) is 10.2 Å². The molecule has 0 aliphatic rings. The molecule has 0 radical (unpaired) electrons. The summed E-state index contributed by atoms with van der Waals surface area (Å²) in [6, 6.07) is 1.87. The zero-order valence-corrected chi connectivity index (χ0v) is 7.28. The van der Waals surface area contributed by atoms with E-state index in [1.165, 1.54) is 18.0 Å². The van der Waals surface area contributed by atoms with Crippen molar-refractivity contribution in [2.75, 3.05) is 6.26 Å². The molecule has 1 aromatic rings. The Morgan fingerprint density at radius 1 is 1.73 bits per heavy atom. The van der Waals surface area contributed by atoms with Crippen LogP contribution in [0.3, 0.4) is 0 Å². The zero-order valence-electron chi connectivity index (χ0n) is 5.71. The van der Waals surface area contributed by atoms with Crippen LogP contribution in [0.2, 0.25) is 5.02 Å². The topological polar surface area (TPSA) is 49.6 Å². The Labute approximate surface area is 73.4 Å². The SMILES string of the molecule is CSc1ncc(Cl)c(C#N)n1. The molecule has 0 unspecified atom stereocenters. The number of halogens is 1. The average Bonchev–Trinajstić information content (AvgIpc) is 2.05. The number of hydrogen-bond donors (Lipinski definition) is 0. The Bertz CT molecular complexity index is 307. The molecule has 5 heteroatoms. The number of nitriles is 1. The first-order chi connectivity index (χ1) is 5.27. The van der Waals surface area contributed by atoms with Gasteiger partial charge in [0.1, 0.15) is 6.07 Å². The minimum Gasteiger partial charge on any atom is -0.229 e. The standard InChI is InChI=1S/C6H4ClN3S/c1-11-6-9-3-4(7)5(2-8)10-6/h3H,1H3. The molecule has 1 aromatic heterocycles. The van der Waals surface area contributed by atoms with Gasteiger partial charge in [0.25, 0.3) is 0 Å². The molecule has 0 atom stereocenters. The summed E-state index contributed by atoms with van der Waals surface area (Å²) in [7, 11) is 0. The second kappa shape index (κ2) is 3.56. The maximum Gasteiger partial charge on any atom is 0.188 e. The van der Waals surface area contributed by atoms with Gasteiger partial charge in [-0.15, -0.1) is 0 Å². The van der Waals surface area contributed by atoms with E-state index < -0.39 is 0 Å². The monoisotopic (exact) mass is 185 g/mol. The van der Waals surface area contributed by atoms with E-state index in [1.807, 2.05) is 12.3 Å². The average molecular weight is 186 g/mol. The van der Waals surface area contributed by atoms with E-state index in [4.69, 9.17) is 16.9 Å². The van der Waals surface area contributed by atoms with Gasteiger partial charge in [-0.25, -0.2) is 9.97 Å². The molecule has 0 spiro atoms. The maximum atomic E-state index is 8.50. The molecule has 0 amide bonds. The van der Waals surface area contributed by atoms with Crippen molar-refractivity contribution in [1.29, 1.82) is 5.26 Å². The Morgan fingerprint density at radius 3 is 3.00 bits per heavy atom. The lowest BCUT2D eigenvalue weighted by Crippen LogP contribution is -1.89. The van der Waals surface area contributed by atoms with Crippen molar-refractivity contribution in [3.63, 3.8) is 0 Å². The van der Waals surface area contributed by atoms with Crippen LogP contribution in [0, 0.1) is 11.3 Å². The molecule has 0 bridgehead atoms. The molecule has 0 saturated carbocycles. The first-order valence-corrected chi connectivity index (χ1v) is 4.35. The summed E-state index contributed by atoms with van der Waals surface area (Å²) in [6.45, 7) is 0. The van der Waals surface area contributed by atoms with Gasteiger partial charge in [-0.2, -0.15) is 5.26 Å². The van der Waals surface area contributed by atoms with Crippen molar-refractivity contribution >= 4 is 23.4 Å². The minimum atomic E-state index is 0.228. The van der Waals surface area contributed by atoms with E-state index in [2.05, 4.69) is 9.97 Å². The Morgan fingerprint density at radius 2 is 2.45 bits per heavy atom. The lowest BCUT2D eigenvalue weighted by atomic mass is 10.4. The number of thioether (sulfide) groups is 1. The predicted octanol–water partition coefficient (Wildman–Crippen LogP) is 1.72. The van der Waals surface area contributed by atoms with Crippen molar-refractivity contribution in [2.24, 2.45) is 0 Å². The van der Waals surface area contributed by atoms with Gasteiger partial charge in [-0.05, 0) is 6.26 Å².